The van der Waals surface area contributed by atoms with Crippen LogP contribution in [0.3, 0.4) is 0 Å². The number of benzene rings is 1. The van der Waals surface area contributed by atoms with Crippen LogP contribution in [0.25, 0.3) is 0 Å². The molecule has 2 rings (SSSR count). The van der Waals surface area contributed by atoms with Gasteiger partial charge >= 0.3 is 5.97 Å². The molecule has 0 fully saturated rings. The normalized spacial score (nSPS) is 10.7. The summed E-state index contributed by atoms with van der Waals surface area (Å²) in [7, 11) is 1.42. The molecule has 0 radical (unpaired) electrons. The second kappa shape index (κ2) is 6.51. The highest BCUT2D eigenvalue weighted by molar-refractivity contribution is 6.06. The molecule has 0 saturated carbocycles. The van der Waals surface area contributed by atoms with Gasteiger partial charge < -0.3 is 15.2 Å². The molecule has 1 aromatic heterocycles. The molecular weight excluding hydrogens is 298 g/mol. The van der Waals surface area contributed by atoms with E-state index >= 15 is 0 Å². The van der Waals surface area contributed by atoms with Gasteiger partial charge in [0.05, 0.1) is 30.1 Å². The summed E-state index contributed by atoms with van der Waals surface area (Å²) in [6.45, 7) is 5.79. The van der Waals surface area contributed by atoms with Crippen LogP contribution in [0.1, 0.15) is 46.3 Å². The summed E-state index contributed by atoms with van der Waals surface area (Å²) in [6.07, 6.45) is 1.52. The average Bonchev–Trinajstić information content (AvgIpc) is 2.89. The minimum Gasteiger partial charge on any atom is -0.495 e. The lowest BCUT2D eigenvalue weighted by molar-refractivity contribution is 0.0696. The van der Waals surface area contributed by atoms with E-state index in [0.29, 0.717) is 11.3 Å². The number of carbonyl (C=O) groups excluding carboxylic acids is 1. The van der Waals surface area contributed by atoms with E-state index in [9.17, 15) is 9.59 Å². The summed E-state index contributed by atoms with van der Waals surface area (Å²) in [4.78, 5) is 23.4. The standard InChI is InChI=1S/C16H19N3O4/c1-9(2)19-10(3)12(8-17-19)15(20)18-13-6-5-11(16(21)22)7-14(13)23-4/h5-9H,1-4H3,(H,18,20)(H,21,22). The zero-order chi connectivity index (χ0) is 17.1. The third-order valence-corrected chi connectivity index (χ3v) is 3.48. The lowest BCUT2D eigenvalue weighted by atomic mass is 10.1. The molecule has 122 valence electrons. The highest BCUT2D eigenvalue weighted by Crippen LogP contribution is 2.26. The Morgan fingerprint density at radius 2 is 2.04 bits per heavy atom. The molecule has 1 heterocycles. The monoisotopic (exact) mass is 317 g/mol. The number of rotatable bonds is 5. The van der Waals surface area contributed by atoms with Crippen molar-refractivity contribution in [3.05, 3.63) is 41.2 Å². The maximum absolute atomic E-state index is 12.4. The molecule has 0 saturated heterocycles. The third-order valence-electron chi connectivity index (χ3n) is 3.48. The molecule has 1 aromatic carbocycles. The summed E-state index contributed by atoms with van der Waals surface area (Å²) < 4.78 is 6.91. The van der Waals surface area contributed by atoms with Gasteiger partial charge in [-0.25, -0.2) is 4.79 Å². The maximum Gasteiger partial charge on any atom is 0.335 e. The molecule has 2 aromatic rings. The highest BCUT2D eigenvalue weighted by Gasteiger charge is 2.17. The number of hydrogen-bond donors (Lipinski definition) is 2. The van der Waals surface area contributed by atoms with Crippen molar-refractivity contribution in [2.24, 2.45) is 0 Å². The SMILES string of the molecule is COc1cc(C(=O)O)ccc1NC(=O)c1cnn(C(C)C)c1C. The minimum absolute atomic E-state index is 0.0867. The van der Waals surface area contributed by atoms with Gasteiger partial charge in [0, 0.05) is 11.7 Å². The molecule has 1 amide bonds. The summed E-state index contributed by atoms with van der Waals surface area (Å²) in [5.41, 5.74) is 1.71. The smallest absolute Gasteiger partial charge is 0.335 e. The molecule has 0 unspecified atom stereocenters. The number of aromatic carboxylic acids is 1. The molecule has 7 heteroatoms. The second-order valence-electron chi connectivity index (χ2n) is 5.36. The first-order valence-electron chi connectivity index (χ1n) is 7.12. The Morgan fingerprint density at radius 3 is 2.57 bits per heavy atom. The van der Waals surface area contributed by atoms with Crippen LogP contribution in [-0.2, 0) is 0 Å². The van der Waals surface area contributed by atoms with Crippen LogP contribution in [-0.4, -0.2) is 33.9 Å². The van der Waals surface area contributed by atoms with E-state index in [2.05, 4.69) is 10.4 Å². The number of nitrogens with one attached hydrogen (secondary N) is 1. The molecule has 7 nitrogen and oxygen atoms in total. The highest BCUT2D eigenvalue weighted by atomic mass is 16.5. The zero-order valence-electron chi connectivity index (χ0n) is 13.5. The van der Waals surface area contributed by atoms with Crippen molar-refractivity contribution >= 4 is 17.6 Å². The number of methoxy groups -OCH3 is 1. The van der Waals surface area contributed by atoms with E-state index < -0.39 is 5.97 Å². The maximum atomic E-state index is 12.4. The van der Waals surface area contributed by atoms with Crippen LogP contribution in [0, 0.1) is 6.92 Å². The molecular formula is C16H19N3O4. The topological polar surface area (TPSA) is 93.4 Å². The van der Waals surface area contributed by atoms with Gasteiger partial charge in [-0.3, -0.25) is 9.48 Å². The number of ether oxygens (including phenoxy) is 1. The van der Waals surface area contributed by atoms with E-state index in [-0.39, 0.29) is 23.3 Å². The number of carbonyl (C=O) groups is 2. The first-order chi connectivity index (χ1) is 10.8. The first-order valence-corrected chi connectivity index (χ1v) is 7.12. The Hall–Kier alpha value is -2.83. The van der Waals surface area contributed by atoms with Gasteiger partial charge in [0.25, 0.3) is 5.91 Å². The van der Waals surface area contributed by atoms with Crippen molar-refractivity contribution in [2.45, 2.75) is 26.8 Å². The lowest BCUT2D eigenvalue weighted by Gasteiger charge is -2.11. The van der Waals surface area contributed by atoms with Gasteiger partial charge in [-0.2, -0.15) is 5.10 Å². The van der Waals surface area contributed by atoms with Gasteiger partial charge in [-0.05, 0) is 39.0 Å². The van der Waals surface area contributed by atoms with Crippen molar-refractivity contribution in [1.82, 2.24) is 9.78 Å². The van der Waals surface area contributed by atoms with E-state index in [4.69, 9.17) is 9.84 Å². The summed E-state index contributed by atoms with van der Waals surface area (Å²) in [5.74, 6) is -1.10. The van der Waals surface area contributed by atoms with Gasteiger partial charge in [-0.15, -0.1) is 0 Å². The molecule has 23 heavy (non-hydrogen) atoms. The Kier molecular flexibility index (Phi) is 4.68. The Balaban J connectivity index is 2.28. The number of amides is 1. The van der Waals surface area contributed by atoms with E-state index in [1.54, 1.807) is 4.68 Å². The van der Waals surface area contributed by atoms with Gasteiger partial charge in [-0.1, -0.05) is 0 Å². The van der Waals surface area contributed by atoms with Crippen LogP contribution in [0.5, 0.6) is 5.75 Å². The van der Waals surface area contributed by atoms with Crippen molar-refractivity contribution in [1.29, 1.82) is 0 Å². The Bertz CT molecular complexity index is 750. The number of carboxylic acids is 1. The molecule has 0 atom stereocenters. The number of aromatic nitrogens is 2. The predicted octanol–water partition coefficient (Wildman–Crippen LogP) is 2.73. The summed E-state index contributed by atoms with van der Waals surface area (Å²) >= 11 is 0. The lowest BCUT2D eigenvalue weighted by Crippen LogP contribution is -2.14. The molecule has 0 aliphatic carbocycles. The second-order valence-corrected chi connectivity index (χ2v) is 5.36. The van der Waals surface area contributed by atoms with Gasteiger partial charge in [0.2, 0.25) is 0 Å². The minimum atomic E-state index is -1.06. The van der Waals surface area contributed by atoms with Crippen LogP contribution < -0.4 is 10.1 Å². The van der Waals surface area contributed by atoms with Crippen molar-refractivity contribution in [2.75, 3.05) is 12.4 Å². The fourth-order valence-corrected chi connectivity index (χ4v) is 2.28. The average molecular weight is 317 g/mol. The van der Waals surface area contributed by atoms with Gasteiger partial charge in [0.1, 0.15) is 5.75 Å². The molecule has 0 spiro atoms. The van der Waals surface area contributed by atoms with Crippen LogP contribution in [0.15, 0.2) is 24.4 Å². The summed E-state index contributed by atoms with van der Waals surface area (Å²) in [5, 5.41) is 15.9. The number of carboxylic acid groups (broad SMARTS) is 1. The molecule has 2 N–H and O–H groups in total. The van der Waals surface area contributed by atoms with Crippen molar-refractivity contribution in [3.63, 3.8) is 0 Å². The number of nitrogens with zero attached hydrogens (tertiary/aromatic N) is 2. The number of hydrogen-bond acceptors (Lipinski definition) is 4. The fourth-order valence-electron chi connectivity index (χ4n) is 2.28. The summed E-state index contributed by atoms with van der Waals surface area (Å²) in [6, 6.07) is 4.43. The first kappa shape index (κ1) is 16.5. The van der Waals surface area contributed by atoms with Crippen molar-refractivity contribution in [3.8, 4) is 5.75 Å². The Labute approximate surface area is 133 Å². The Morgan fingerprint density at radius 1 is 1.35 bits per heavy atom. The third kappa shape index (κ3) is 3.33. The fraction of sp³-hybridized carbons (Fsp3) is 0.312. The molecule has 0 bridgehead atoms. The van der Waals surface area contributed by atoms with E-state index in [0.717, 1.165) is 5.69 Å². The van der Waals surface area contributed by atoms with Crippen LogP contribution in [0.2, 0.25) is 0 Å². The zero-order valence-corrected chi connectivity index (χ0v) is 13.5. The van der Waals surface area contributed by atoms with E-state index in [1.807, 2.05) is 20.8 Å². The molecule has 0 aliphatic rings. The molecule has 0 aliphatic heterocycles. The van der Waals surface area contributed by atoms with Crippen LogP contribution in [0.4, 0.5) is 5.69 Å². The van der Waals surface area contributed by atoms with Gasteiger partial charge in [0.15, 0.2) is 0 Å². The predicted molar refractivity (Wildman–Crippen MR) is 85.3 cm³/mol. The van der Waals surface area contributed by atoms with Crippen molar-refractivity contribution < 1.29 is 19.4 Å². The van der Waals surface area contributed by atoms with E-state index in [1.165, 1.54) is 31.5 Å². The van der Waals surface area contributed by atoms with Crippen LogP contribution >= 0.6 is 0 Å². The quantitative estimate of drug-likeness (QED) is 0.884. The number of anilines is 1. The largest absolute Gasteiger partial charge is 0.495 e.